The van der Waals surface area contributed by atoms with E-state index in [1.165, 1.54) is 20.8 Å². The Morgan fingerprint density at radius 3 is 1.92 bits per heavy atom. The molecule has 2 rings (SSSR count). The van der Waals surface area contributed by atoms with Crippen LogP contribution in [-0.2, 0) is 39.8 Å². The Labute approximate surface area is 157 Å². The van der Waals surface area contributed by atoms with E-state index >= 15 is 0 Å². The average Bonchev–Trinajstić information content (AvgIpc) is 2.54. The van der Waals surface area contributed by atoms with Gasteiger partial charge in [0.2, 0.25) is 0 Å². The fraction of sp³-hybridized carbons (Fsp3) is 0.500. The van der Waals surface area contributed by atoms with E-state index in [1.54, 1.807) is 0 Å². The summed E-state index contributed by atoms with van der Waals surface area (Å²) < 4.78 is 21.8. The molecule has 0 saturated carbocycles. The molecule has 0 bridgehead atoms. The molecule has 1 fully saturated rings. The first-order valence-corrected chi connectivity index (χ1v) is 8.68. The van der Waals surface area contributed by atoms with Gasteiger partial charge in [-0.25, -0.2) is 0 Å². The maximum Gasteiger partial charge on any atom is 0.303 e. The zero-order chi connectivity index (χ0) is 19.3. The van der Waals surface area contributed by atoms with Gasteiger partial charge < -0.3 is 18.9 Å². The van der Waals surface area contributed by atoms with E-state index in [0.29, 0.717) is 6.42 Å². The van der Waals surface area contributed by atoms with Crippen LogP contribution in [0.15, 0.2) is 30.3 Å². The minimum absolute atomic E-state index is 0.403. The van der Waals surface area contributed by atoms with E-state index in [9.17, 15) is 14.4 Å². The van der Waals surface area contributed by atoms with Crippen molar-refractivity contribution < 1.29 is 33.3 Å². The van der Waals surface area contributed by atoms with Crippen molar-refractivity contribution in [2.75, 3.05) is 0 Å². The highest BCUT2D eigenvalue weighted by Gasteiger charge is 2.50. The van der Waals surface area contributed by atoms with Crippen molar-refractivity contribution in [2.45, 2.75) is 57.0 Å². The van der Waals surface area contributed by atoms with Crippen LogP contribution >= 0.6 is 12.6 Å². The second-order valence-corrected chi connectivity index (χ2v) is 6.49. The molecular formula is C18H22O7S. The number of carbonyl (C=O) groups excluding carboxylic acids is 3. The van der Waals surface area contributed by atoms with E-state index < -0.39 is 47.8 Å². The lowest BCUT2D eigenvalue weighted by Gasteiger charge is -2.43. The van der Waals surface area contributed by atoms with Gasteiger partial charge in [-0.2, -0.15) is 0 Å². The number of rotatable bonds is 5. The third-order valence-electron chi connectivity index (χ3n) is 3.80. The zero-order valence-corrected chi connectivity index (χ0v) is 15.7. The molecular weight excluding hydrogens is 360 g/mol. The molecule has 7 nitrogen and oxygen atoms in total. The molecule has 0 amide bonds. The van der Waals surface area contributed by atoms with Crippen molar-refractivity contribution in [1.29, 1.82) is 0 Å². The van der Waals surface area contributed by atoms with Crippen LogP contribution in [0.2, 0.25) is 0 Å². The van der Waals surface area contributed by atoms with Crippen molar-refractivity contribution in [3.05, 3.63) is 35.9 Å². The maximum atomic E-state index is 11.6. The summed E-state index contributed by atoms with van der Waals surface area (Å²) in [4.78, 5) is 34.6. The van der Waals surface area contributed by atoms with Crippen molar-refractivity contribution in [3.63, 3.8) is 0 Å². The molecule has 0 radical (unpaired) electrons. The summed E-state index contributed by atoms with van der Waals surface area (Å²) in [5, 5.41) is 0. The minimum Gasteiger partial charge on any atom is -0.456 e. The summed E-state index contributed by atoms with van der Waals surface area (Å²) in [7, 11) is 0. The summed E-state index contributed by atoms with van der Waals surface area (Å²) in [5.74, 6) is -1.74. The summed E-state index contributed by atoms with van der Waals surface area (Å²) in [6, 6.07) is 9.45. The first kappa shape index (κ1) is 20.3. The molecule has 1 aromatic carbocycles. The average molecular weight is 382 g/mol. The molecule has 1 saturated heterocycles. The molecule has 1 aliphatic heterocycles. The number of ether oxygens (including phenoxy) is 4. The largest absolute Gasteiger partial charge is 0.456 e. The van der Waals surface area contributed by atoms with Gasteiger partial charge in [-0.1, -0.05) is 30.3 Å². The number of thiol groups is 1. The van der Waals surface area contributed by atoms with E-state index in [1.807, 2.05) is 30.3 Å². The Hall–Kier alpha value is -2.06. The summed E-state index contributed by atoms with van der Waals surface area (Å²) in [5.41, 5.74) is 0.103. The molecule has 1 heterocycles. The predicted octanol–water partition coefficient (Wildman–Crippen LogP) is 1.68. The third kappa shape index (κ3) is 5.47. The van der Waals surface area contributed by atoms with E-state index in [4.69, 9.17) is 18.9 Å². The van der Waals surface area contributed by atoms with E-state index in [2.05, 4.69) is 12.6 Å². The van der Waals surface area contributed by atoms with Crippen LogP contribution in [0.4, 0.5) is 0 Å². The smallest absolute Gasteiger partial charge is 0.303 e. The monoisotopic (exact) mass is 382 g/mol. The molecule has 8 heteroatoms. The number of hydrogen-bond acceptors (Lipinski definition) is 8. The molecule has 0 aliphatic carbocycles. The fourth-order valence-corrected chi connectivity index (χ4v) is 3.27. The van der Waals surface area contributed by atoms with E-state index in [0.717, 1.165) is 5.56 Å². The van der Waals surface area contributed by atoms with Crippen LogP contribution in [-0.4, -0.2) is 47.8 Å². The fourth-order valence-electron chi connectivity index (χ4n) is 2.88. The van der Waals surface area contributed by atoms with Crippen LogP contribution in [0.1, 0.15) is 26.3 Å². The molecule has 5 atom stereocenters. The lowest BCUT2D eigenvalue weighted by Crippen LogP contribution is -2.60. The number of carbonyl (C=O) groups is 3. The molecule has 142 valence electrons. The van der Waals surface area contributed by atoms with E-state index in [-0.39, 0.29) is 0 Å². The first-order valence-electron chi connectivity index (χ1n) is 8.17. The Morgan fingerprint density at radius 2 is 1.38 bits per heavy atom. The lowest BCUT2D eigenvalue weighted by atomic mass is 9.94. The normalized spacial score (nSPS) is 28.1. The van der Waals surface area contributed by atoms with Gasteiger partial charge in [0.25, 0.3) is 0 Å². The topological polar surface area (TPSA) is 88.1 Å². The Morgan fingerprint density at radius 1 is 0.885 bits per heavy atom. The molecule has 0 aromatic heterocycles. The Kier molecular flexibility index (Phi) is 7.05. The van der Waals surface area contributed by atoms with Gasteiger partial charge in [0.1, 0.15) is 11.5 Å². The second kappa shape index (κ2) is 9.05. The Balaban J connectivity index is 2.33. The van der Waals surface area contributed by atoms with Gasteiger partial charge in [-0.05, 0) is 5.56 Å². The highest BCUT2D eigenvalue weighted by Crippen LogP contribution is 2.31. The quantitative estimate of drug-likeness (QED) is 0.471. The summed E-state index contributed by atoms with van der Waals surface area (Å²) in [6.45, 7) is 3.70. The lowest BCUT2D eigenvalue weighted by molar-refractivity contribution is -0.231. The van der Waals surface area contributed by atoms with Crippen LogP contribution in [0, 0.1) is 0 Å². The molecule has 0 N–H and O–H groups in total. The van der Waals surface area contributed by atoms with Gasteiger partial charge in [-0.15, -0.1) is 12.6 Å². The zero-order valence-electron chi connectivity index (χ0n) is 14.8. The minimum atomic E-state index is -1.02. The first-order chi connectivity index (χ1) is 12.3. The van der Waals surface area contributed by atoms with Crippen molar-refractivity contribution >= 4 is 30.5 Å². The van der Waals surface area contributed by atoms with Crippen molar-refractivity contribution in [2.24, 2.45) is 0 Å². The number of esters is 3. The van der Waals surface area contributed by atoms with Gasteiger partial charge in [0, 0.05) is 27.2 Å². The van der Waals surface area contributed by atoms with Crippen LogP contribution in [0.3, 0.4) is 0 Å². The molecule has 1 aromatic rings. The molecule has 0 unspecified atom stereocenters. The van der Waals surface area contributed by atoms with Crippen LogP contribution < -0.4 is 0 Å². The number of benzene rings is 1. The molecule has 0 spiro atoms. The van der Waals surface area contributed by atoms with Crippen molar-refractivity contribution in [1.82, 2.24) is 0 Å². The van der Waals surface area contributed by atoms with Gasteiger partial charge in [-0.3, -0.25) is 14.4 Å². The summed E-state index contributed by atoms with van der Waals surface area (Å²) in [6.07, 6.45) is -3.19. The predicted molar refractivity (Wildman–Crippen MR) is 94.5 cm³/mol. The van der Waals surface area contributed by atoms with Crippen molar-refractivity contribution in [3.8, 4) is 0 Å². The van der Waals surface area contributed by atoms with Gasteiger partial charge in [0.15, 0.2) is 18.3 Å². The van der Waals surface area contributed by atoms with Crippen LogP contribution in [0.25, 0.3) is 0 Å². The maximum absolute atomic E-state index is 11.6. The van der Waals surface area contributed by atoms with Gasteiger partial charge in [0.05, 0.1) is 0 Å². The highest BCUT2D eigenvalue weighted by atomic mass is 32.1. The van der Waals surface area contributed by atoms with Gasteiger partial charge >= 0.3 is 17.9 Å². The highest BCUT2D eigenvalue weighted by molar-refractivity contribution is 7.80. The third-order valence-corrected chi connectivity index (χ3v) is 4.21. The standard InChI is InChI=1S/C18H22O7S/c1-10(19)22-15-14(9-13-7-5-4-6-8-13)25-18(26)17(24-12(3)21)16(15)23-11(2)20/h4-8,14-18,26H,9H2,1-3H3/t14-,15+,16+,17-,18+/m1/s1. The molecule has 1 aliphatic rings. The Bertz CT molecular complexity index is 648. The number of hydrogen-bond donors (Lipinski definition) is 1. The summed E-state index contributed by atoms with van der Waals surface area (Å²) >= 11 is 4.34. The SMILES string of the molecule is CC(=O)O[C@@H]1[C@@H](OC(C)=O)[C@H](S)O[C@H](Cc2ccccc2)[C@@H]1OC(C)=O. The van der Waals surface area contributed by atoms with Crippen LogP contribution in [0.5, 0.6) is 0 Å². The second-order valence-electron chi connectivity index (χ2n) is 5.98. The molecule has 26 heavy (non-hydrogen) atoms.